The third-order valence-corrected chi connectivity index (χ3v) is 12.3. The quantitative estimate of drug-likeness (QED) is 0.118. The predicted molar refractivity (Wildman–Crippen MR) is 250 cm³/mol. The maximum atomic E-state index is 14.3. The van der Waals surface area contributed by atoms with E-state index in [4.69, 9.17) is 14.3 Å². The fourth-order valence-corrected chi connectivity index (χ4v) is 8.77. The maximum absolute atomic E-state index is 14.3. The summed E-state index contributed by atoms with van der Waals surface area (Å²) in [6, 6.07) is 16.7. The van der Waals surface area contributed by atoms with E-state index in [0.29, 0.717) is 13.0 Å². The van der Waals surface area contributed by atoms with Gasteiger partial charge >= 0.3 is 0 Å². The number of hydrogen-bond acceptors (Lipinski definition) is 10. The molecule has 64 heavy (non-hydrogen) atoms. The number of benzene rings is 2. The molecule has 4 rings (SSSR count). The van der Waals surface area contributed by atoms with Crippen LogP contribution in [0, 0.1) is 17.8 Å². The molecule has 0 spiro atoms. The number of ether oxygens (including phenoxy) is 2. The zero-order chi connectivity index (χ0) is 47.2. The van der Waals surface area contributed by atoms with Crippen LogP contribution in [0.1, 0.15) is 91.7 Å². The van der Waals surface area contributed by atoms with Crippen molar-refractivity contribution < 1.29 is 38.3 Å². The van der Waals surface area contributed by atoms with Gasteiger partial charge in [0.2, 0.25) is 23.6 Å². The standard InChI is InChI=1S/C46H71N7O8.C3H8/c1-9-32(4)42(51(6)40(55)29-48-46(58)41(31(2)3)52-25-22-47-23-26-52)38(59-7)28-39(54)53-24-16-21-37(53)43(60-8)33(5)44(56)49-36(27-34-17-12-10-13-18-34)45(57)50-61-30-35-19-14-11-15-20-35;1-3-2/h10-15,17-20,31-33,36-38,41-43,47H,9,16,21-30H2,1-8H3,(H,48,58)(H,49,56)(H,50,57);3H2,1-2H3. The summed E-state index contributed by atoms with van der Waals surface area (Å²) < 4.78 is 12.0. The minimum Gasteiger partial charge on any atom is -0.379 e. The van der Waals surface area contributed by atoms with Crippen molar-refractivity contribution in [3.05, 3.63) is 71.8 Å². The molecule has 2 aromatic carbocycles. The third-order valence-electron chi connectivity index (χ3n) is 12.3. The molecular weight excluding hydrogens is 815 g/mol. The predicted octanol–water partition coefficient (Wildman–Crippen LogP) is 4.34. The van der Waals surface area contributed by atoms with Gasteiger partial charge in [-0.2, -0.15) is 0 Å². The van der Waals surface area contributed by atoms with E-state index in [1.165, 1.54) is 13.5 Å². The van der Waals surface area contributed by atoms with Crippen molar-refractivity contribution in [3.8, 4) is 0 Å². The summed E-state index contributed by atoms with van der Waals surface area (Å²) in [7, 11) is 4.79. The Bertz CT molecular complexity index is 1700. The zero-order valence-electron chi connectivity index (χ0n) is 40.3. The molecular formula is C49H79N7O8. The van der Waals surface area contributed by atoms with Crippen molar-refractivity contribution in [2.75, 3.05) is 60.5 Å². The van der Waals surface area contributed by atoms with E-state index in [2.05, 4.69) is 40.2 Å². The molecule has 2 heterocycles. The van der Waals surface area contributed by atoms with Crippen molar-refractivity contribution in [3.63, 3.8) is 0 Å². The summed E-state index contributed by atoms with van der Waals surface area (Å²) >= 11 is 0. The summed E-state index contributed by atoms with van der Waals surface area (Å²) in [6.45, 7) is 17.7. The van der Waals surface area contributed by atoms with Crippen molar-refractivity contribution in [2.45, 2.75) is 130 Å². The molecule has 15 nitrogen and oxygen atoms in total. The number of hydrogen-bond donors (Lipinski definition) is 4. The first-order chi connectivity index (χ1) is 30.7. The van der Waals surface area contributed by atoms with Gasteiger partial charge < -0.3 is 35.2 Å². The highest BCUT2D eigenvalue weighted by Crippen LogP contribution is 2.29. The van der Waals surface area contributed by atoms with Crippen LogP contribution in [0.4, 0.5) is 0 Å². The van der Waals surface area contributed by atoms with E-state index in [-0.39, 0.29) is 61.6 Å². The van der Waals surface area contributed by atoms with Gasteiger partial charge in [0.05, 0.1) is 55.8 Å². The monoisotopic (exact) mass is 894 g/mol. The lowest BCUT2D eigenvalue weighted by atomic mass is 9.90. The number of nitrogens with one attached hydrogen (secondary N) is 4. The van der Waals surface area contributed by atoms with Gasteiger partial charge in [-0.15, -0.1) is 0 Å². The van der Waals surface area contributed by atoms with E-state index in [0.717, 1.165) is 50.1 Å². The fraction of sp³-hybridized carbons (Fsp3) is 0.653. The lowest BCUT2D eigenvalue weighted by Crippen LogP contribution is -2.57. The molecule has 2 aliphatic rings. The van der Waals surface area contributed by atoms with E-state index in [1.54, 1.807) is 30.9 Å². The zero-order valence-corrected chi connectivity index (χ0v) is 40.3. The number of likely N-dealkylation sites (N-methyl/N-ethyl adjacent to an activating group) is 1. The Balaban J connectivity index is 0.00000353. The highest BCUT2D eigenvalue weighted by Gasteiger charge is 2.42. The van der Waals surface area contributed by atoms with E-state index in [9.17, 15) is 24.0 Å². The van der Waals surface area contributed by atoms with Gasteiger partial charge in [0.25, 0.3) is 5.91 Å². The van der Waals surface area contributed by atoms with Crippen molar-refractivity contribution in [1.29, 1.82) is 0 Å². The van der Waals surface area contributed by atoms with Gasteiger partial charge in [0.1, 0.15) is 6.04 Å². The summed E-state index contributed by atoms with van der Waals surface area (Å²) in [6.07, 6.45) is 2.26. The second-order valence-electron chi connectivity index (χ2n) is 17.5. The molecule has 2 saturated heterocycles. The Kier molecular flexibility index (Phi) is 24.0. The largest absolute Gasteiger partial charge is 0.379 e. The lowest BCUT2D eigenvalue weighted by Gasteiger charge is -2.39. The molecule has 0 aromatic heterocycles. The maximum Gasteiger partial charge on any atom is 0.266 e. The van der Waals surface area contributed by atoms with Crippen LogP contribution in [0.15, 0.2) is 60.7 Å². The topological polar surface area (TPSA) is 171 Å². The number of amides is 5. The molecule has 2 aliphatic heterocycles. The second-order valence-corrected chi connectivity index (χ2v) is 17.5. The van der Waals surface area contributed by atoms with Crippen LogP contribution >= 0.6 is 0 Å². The van der Waals surface area contributed by atoms with Crippen molar-refractivity contribution in [2.24, 2.45) is 17.8 Å². The molecule has 0 bridgehead atoms. The van der Waals surface area contributed by atoms with Crippen LogP contribution in [0.3, 0.4) is 0 Å². The van der Waals surface area contributed by atoms with Gasteiger partial charge in [0.15, 0.2) is 0 Å². The first kappa shape index (κ1) is 53.9. The molecule has 0 aliphatic carbocycles. The Morgan fingerprint density at radius 3 is 2.00 bits per heavy atom. The summed E-state index contributed by atoms with van der Waals surface area (Å²) in [5, 5.41) is 9.16. The Hall–Kier alpha value is -4.41. The van der Waals surface area contributed by atoms with Crippen LogP contribution in [0.5, 0.6) is 0 Å². The molecule has 4 N–H and O–H groups in total. The average molecular weight is 894 g/mol. The molecule has 8 atom stereocenters. The van der Waals surface area contributed by atoms with Crippen molar-refractivity contribution >= 4 is 29.5 Å². The molecule has 0 saturated carbocycles. The van der Waals surface area contributed by atoms with Crippen LogP contribution in [0.2, 0.25) is 0 Å². The fourth-order valence-electron chi connectivity index (χ4n) is 8.77. The molecule has 15 heteroatoms. The molecule has 2 aromatic rings. The third kappa shape index (κ3) is 16.2. The van der Waals surface area contributed by atoms with E-state index < -0.39 is 48.1 Å². The first-order valence-corrected chi connectivity index (χ1v) is 23.4. The molecule has 5 amide bonds. The molecule has 358 valence electrons. The first-order valence-electron chi connectivity index (χ1n) is 23.4. The van der Waals surface area contributed by atoms with Gasteiger partial charge in [-0.3, -0.25) is 33.7 Å². The molecule has 8 unspecified atom stereocenters. The van der Waals surface area contributed by atoms with Crippen LogP contribution in [-0.2, 0) is 51.3 Å². The highest BCUT2D eigenvalue weighted by atomic mass is 16.7. The van der Waals surface area contributed by atoms with Gasteiger partial charge in [-0.25, -0.2) is 5.48 Å². The van der Waals surface area contributed by atoms with Gasteiger partial charge in [-0.05, 0) is 35.8 Å². The average Bonchev–Trinajstić information content (AvgIpc) is 3.78. The number of nitrogens with zero attached hydrogens (tertiary/aromatic N) is 3. The van der Waals surface area contributed by atoms with Crippen LogP contribution in [-0.4, -0.2) is 141 Å². The summed E-state index contributed by atoms with van der Waals surface area (Å²) in [4.78, 5) is 80.0. The number of rotatable bonds is 23. The van der Waals surface area contributed by atoms with Crippen LogP contribution in [0.25, 0.3) is 0 Å². The summed E-state index contributed by atoms with van der Waals surface area (Å²) in [5.41, 5.74) is 4.26. The summed E-state index contributed by atoms with van der Waals surface area (Å²) in [5.74, 6) is -2.18. The normalized spacial score (nSPS) is 18.6. The number of piperazine rings is 1. The smallest absolute Gasteiger partial charge is 0.266 e. The molecule has 2 fully saturated rings. The lowest BCUT2D eigenvalue weighted by molar-refractivity contribution is -0.146. The molecule has 0 radical (unpaired) electrons. The number of likely N-dealkylation sites (tertiary alicyclic amines) is 1. The van der Waals surface area contributed by atoms with E-state index >= 15 is 0 Å². The second kappa shape index (κ2) is 28.5. The van der Waals surface area contributed by atoms with Crippen LogP contribution < -0.4 is 21.4 Å². The van der Waals surface area contributed by atoms with Gasteiger partial charge in [0, 0.05) is 60.4 Å². The SMILES string of the molecule is CCC.CCC(C)C(C(CC(=O)N1CCCC1C(OC)C(C)C(=O)NC(Cc1ccccc1)C(=O)NOCc1ccccc1)OC)N(C)C(=O)CNC(=O)C(C(C)C)N1CCNCC1. The van der Waals surface area contributed by atoms with Gasteiger partial charge in [-0.1, -0.05) is 122 Å². The number of carbonyl (C=O) groups excluding carboxylic acids is 5. The minimum atomic E-state index is -0.941. The van der Waals surface area contributed by atoms with Crippen molar-refractivity contribution in [1.82, 2.24) is 36.1 Å². The Morgan fingerprint density at radius 2 is 1.44 bits per heavy atom. The highest BCUT2D eigenvalue weighted by molar-refractivity contribution is 5.89. The minimum absolute atomic E-state index is 0.00369. The number of methoxy groups -OCH3 is 2. The number of carbonyl (C=O) groups is 5. The van der Waals surface area contributed by atoms with E-state index in [1.807, 2.05) is 88.4 Å². The Labute approximate surface area is 383 Å². The Morgan fingerprint density at radius 1 is 0.828 bits per heavy atom. The number of hydroxylamine groups is 1.